The maximum Gasteiger partial charge on any atom is 0.236 e. The first kappa shape index (κ1) is 13.5. The Kier molecular flexibility index (Phi) is 5.77. The van der Waals surface area contributed by atoms with Gasteiger partial charge >= 0.3 is 0 Å². The molecule has 1 N–H and O–H groups in total. The van der Waals surface area contributed by atoms with Crippen molar-refractivity contribution in [2.45, 2.75) is 32.7 Å². The maximum absolute atomic E-state index is 12.0. The highest BCUT2D eigenvalue weighted by Gasteiger charge is 2.18. The number of hydrogen-bond donors (Lipinski definition) is 1. The minimum Gasteiger partial charge on any atom is -0.342 e. The van der Waals surface area contributed by atoms with Crippen molar-refractivity contribution in [3.63, 3.8) is 0 Å². The van der Waals surface area contributed by atoms with E-state index in [1.807, 2.05) is 11.9 Å². The lowest BCUT2D eigenvalue weighted by molar-refractivity contribution is -0.132. The largest absolute Gasteiger partial charge is 0.342 e. The first-order valence-corrected chi connectivity index (χ1v) is 6.34. The molecule has 1 fully saturated rings. The van der Waals surface area contributed by atoms with Gasteiger partial charge in [-0.2, -0.15) is 0 Å². The molecule has 0 radical (unpaired) electrons. The molecule has 1 rings (SSSR count). The Labute approximate surface area is 99.0 Å². The molecule has 1 saturated heterocycles. The molecule has 1 aliphatic heterocycles. The van der Waals surface area contributed by atoms with Gasteiger partial charge in [0.1, 0.15) is 0 Å². The van der Waals surface area contributed by atoms with E-state index in [-0.39, 0.29) is 5.91 Å². The van der Waals surface area contributed by atoms with Gasteiger partial charge in [-0.25, -0.2) is 0 Å². The van der Waals surface area contributed by atoms with Gasteiger partial charge in [0.25, 0.3) is 0 Å². The van der Waals surface area contributed by atoms with Crippen LogP contribution in [0.25, 0.3) is 0 Å². The summed E-state index contributed by atoms with van der Waals surface area (Å²) in [6, 6.07) is 0.345. The fourth-order valence-electron chi connectivity index (χ4n) is 1.88. The molecular weight excluding hydrogens is 202 g/mol. The molecule has 1 heterocycles. The lowest BCUT2D eigenvalue weighted by atomic mass is 10.2. The average Bonchev–Trinajstić information content (AvgIpc) is 2.55. The molecule has 1 aliphatic rings. The molecule has 4 heteroatoms. The van der Waals surface area contributed by atoms with Gasteiger partial charge in [-0.1, -0.05) is 6.92 Å². The number of rotatable bonds is 4. The molecule has 0 saturated carbocycles. The van der Waals surface area contributed by atoms with Crippen molar-refractivity contribution >= 4 is 5.91 Å². The molecular formula is C12H25N3O. The van der Waals surface area contributed by atoms with E-state index in [1.54, 1.807) is 0 Å². The Morgan fingerprint density at radius 2 is 2.19 bits per heavy atom. The van der Waals surface area contributed by atoms with E-state index in [9.17, 15) is 4.79 Å². The molecule has 1 atom stereocenters. The Morgan fingerprint density at radius 3 is 2.88 bits per heavy atom. The van der Waals surface area contributed by atoms with E-state index < -0.39 is 0 Å². The number of carbonyl (C=O) groups excluding carboxylic acids is 1. The average molecular weight is 227 g/mol. The van der Waals surface area contributed by atoms with Crippen LogP contribution in [0.4, 0.5) is 0 Å². The first-order chi connectivity index (χ1) is 7.65. The van der Waals surface area contributed by atoms with Crippen molar-refractivity contribution in [2.24, 2.45) is 0 Å². The molecule has 16 heavy (non-hydrogen) atoms. The lowest BCUT2D eigenvalue weighted by Gasteiger charge is -2.27. The number of nitrogens with one attached hydrogen (secondary N) is 1. The van der Waals surface area contributed by atoms with Crippen LogP contribution in [0.3, 0.4) is 0 Å². The van der Waals surface area contributed by atoms with Crippen LogP contribution in [0.1, 0.15) is 26.7 Å². The molecule has 0 aromatic carbocycles. The summed E-state index contributed by atoms with van der Waals surface area (Å²) in [7, 11) is 1.91. The van der Waals surface area contributed by atoms with E-state index >= 15 is 0 Å². The van der Waals surface area contributed by atoms with E-state index in [1.165, 1.54) is 0 Å². The van der Waals surface area contributed by atoms with Gasteiger partial charge in [0.2, 0.25) is 5.91 Å². The maximum atomic E-state index is 12.0. The Balaban J connectivity index is 2.37. The summed E-state index contributed by atoms with van der Waals surface area (Å²) in [5.74, 6) is 0.247. The fourth-order valence-corrected chi connectivity index (χ4v) is 1.88. The molecule has 0 aromatic rings. The third-order valence-corrected chi connectivity index (χ3v) is 3.44. The van der Waals surface area contributed by atoms with E-state index in [0.29, 0.717) is 12.6 Å². The zero-order valence-electron chi connectivity index (χ0n) is 10.8. The molecule has 0 aliphatic carbocycles. The SMILES string of the molecule is CCC(C)N(C)C(=O)CN1CCCNCC1. The van der Waals surface area contributed by atoms with Gasteiger partial charge in [-0.3, -0.25) is 9.69 Å². The van der Waals surface area contributed by atoms with Gasteiger partial charge in [-0.05, 0) is 32.9 Å². The van der Waals surface area contributed by atoms with Gasteiger partial charge in [-0.15, -0.1) is 0 Å². The van der Waals surface area contributed by atoms with Crippen molar-refractivity contribution in [1.29, 1.82) is 0 Å². The first-order valence-electron chi connectivity index (χ1n) is 6.34. The number of carbonyl (C=O) groups is 1. The fraction of sp³-hybridized carbons (Fsp3) is 0.917. The molecule has 0 aromatic heterocycles. The highest BCUT2D eigenvalue weighted by molar-refractivity contribution is 5.78. The summed E-state index contributed by atoms with van der Waals surface area (Å²) in [4.78, 5) is 16.1. The van der Waals surface area contributed by atoms with Crippen molar-refractivity contribution < 1.29 is 4.79 Å². The molecule has 0 bridgehead atoms. The van der Waals surface area contributed by atoms with Crippen LogP contribution in [0.15, 0.2) is 0 Å². The van der Waals surface area contributed by atoms with Gasteiger partial charge in [0, 0.05) is 26.2 Å². The predicted molar refractivity (Wildman–Crippen MR) is 66.4 cm³/mol. The Morgan fingerprint density at radius 1 is 1.44 bits per heavy atom. The van der Waals surface area contributed by atoms with Crippen molar-refractivity contribution in [2.75, 3.05) is 39.8 Å². The Bertz CT molecular complexity index is 212. The van der Waals surface area contributed by atoms with Crippen LogP contribution in [-0.4, -0.2) is 61.5 Å². The predicted octanol–water partition coefficient (Wildman–Crippen LogP) is 0.539. The van der Waals surface area contributed by atoms with Gasteiger partial charge in [0.05, 0.1) is 6.54 Å². The normalized spacial score (nSPS) is 20.2. The quantitative estimate of drug-likeness (QED) is 0.761. The van der Waals surface area contributed by atoms with Crippen LogP contribution in [-0.2, 0) is 4.79 Å². The number of hydrogen-bond acceptors (Lipinski definition) is 3. The molecule has 1 unspecified atom stereocenters. The molecule has 1 amide bonds. The minimum atomic E-state index is 0.247. The Hall–Kier alpha value is -0.610. The van der Waals surface area contributed by atoms with Crippen LogP contribution >= 0.6 is 0 Å². The smallest absolute Gasteiger partial charge is 0.236 e. The van der Waals surface area contributed by atoms with Crippen LogP contribution < -0.4 is 5.32 Å². The summed E-state index contributed by atoms with van der Waals surface area (Å²) in [6.45, 7) is 8.88. The van der Waals surface area contributed by atoms with Crippen molar-refractivity contribution in [3.05, 3.63) is 0 Å². The van der Waals surface area contributed by atoms with Gasteiger partial charge in [0.15, 0.2) is 0 Å². The third kappa shape index (κ3) is 4.10. The topological polar surface area (TPSA) is 35.6 Å². The summed E-state index contributed by atoms with van der Waals surface area (Å²) in [6.07, 6.45) is 2.16. The standard InChI is InChI=1S/C12H25N3O/c1-4-11(2)14(3)12(16)10-15-8-5-6-13-7-9-15/h11,13H,4-10H2,1-3H3. The van der Waals surface area contributed by atoms with Crippen LogP contribution in [0.5, 0.6) is 0 Å². The summed E-state index contributed by atoms with van der Waals surface area (Å²) < 4.78 is 0. The molecule has 4 nitrogen and oxygen atoms in total. The second-order valence-corrected chi connectivity index (χ2v) is 4.64. The van der Waals surface area contributed by atoms with Gasteiger partial charge < -0.3 is 10.2 Å². The zero-order valence-corrected chi connectivity index (χ0v) is 10.8. The minimum absolute atomic E-state index is 0.247. The van der Waals surface area contributed by atoms with E-state index in [2.05, 4.69) is 24.1 Å². The summed E-state index contributed by atoms with van der Waals surface area (Å²) in [5.41, 5.74) is 0. The zero-order chi connectivity index (χ0) is 12.0. The van der Waals surface area contributed by atoms with E-state index in [4.69, 9.17) is 0 Å². The second-order valence-electron chi connectivity index (χ2n) is 4.64. The van der Waals surface area contributed by atoms with Crippen LogP contribution in [0, 0.1) is 0 Å². The third-order valence-electron chi connectivity index (χ3n) is 3.44. The lowest BCUT2D eigenvalue weighted by Crippen LogP contribution is -2.43. The summed E-state index contributed by atoms with van der Waals surface area (Å²) in [5, 5.41) is 3.35. The number of nitrogens with zero attached hydrogens (tertiary/aromatic N) is 2. The molecule has 0 spiro atoms. The molecule has 94 valence electrons. The highest BCUT2D eigenvalue weighted by Crippen LogP contribution is 2.03. The van der Waals surface area contributed by atoms with E-state index in [0.717, 1.165) is 39.0 Å². The summed E-state index contributed by atoms with van der Waals surface area (Å²) >= 11 is 0. The number of likely N-dealkylation sites (N-methyl/N-ethyl adjacent to an activating group) is 1. The second kappa shape index (κ2) is 6.86. The van der Waals surface area contributed by atoms with Crippen molar-refractivity contribution in [1.82, 2.24) is 15.1 Å². The van der Waals surface area contributed by atoms with Crippen molar-refractivity contribution in [3.8, 4) is 0 Å². The highest BCUT2D eigenvalue weighted by atomic mass is 16.2. The number of amides is 1. The monoisotopic (exact) mass is 227 g/mol. The van der Waals surface area contributed by atoms with Crippen LogP contribution in [0.2, 0.25) is 0 Å².